The number of amides is 1. The maximum Gasteiger partial charge on any atom is 0.223 e. The van der Waals surface area contributed by atoms with Gasteiger partial charge in [0.1, 0.15) is 0 Å². The molecular weight excluding hydrogens is 216 g/mol. The number of carbonyl (C=O) groups excluding carboxylic acids is 1. The Bertz CT molecular complexity index is 344. The lowest BCUT2D eigenvalue weighted by molar-refractivity contribution is -0.129. The predicted molar refractivity (Wildman–Crippen MR) is 65.2 cm³/mol. The summed E-state index contributed by atoms with van der Waals surface area (Å²) in [5.74, 6) is 0.948. The molecule has 5 nitrogen and oxygen atoms in total. The summed E-state index contributed by atoms with van der Waals surface area (Å²) in [7, 11) is 0. The highest BCUT2D eigenvalue weighted by molar-refractivity contribution is 5.79. The highest BCUT2D eigenvalue weighted by Crippen LogP contribution is 2.38. The molecule has 0 aromatic carbocycles. The zero-order valence-corrected chi connectivity index (χ0v) is 10.5. The van der Waals surface area contributed by atoms with Crippen molar-refractivity contribution in [1.82, 2.24) is 4.90 Å². The van der Waals surface area contributed by atoms with E-state index < -0.39 is 0 Å². The van der Waals surface area contributed by atoms with Gasteiger partial charge in [-0.25, -0.2) is 0 Å². The van der Waals surface area contributed by atoms with Crippen molar-refractivity contribution in [2.24, 2.45) is 17.0 Å². The van der Waals surface area contributed by atoms with Crippen LogP contribution in [0.25, 0.3) is 10.4 Å². The van der Waals surface area contributed by atoms with E-state index in [1.807, 2.05) is 18.7 Å². The standard InChI is InChI=1S/C12H20N4O/c1-8(2)16-7-10(6-11(16)17)12(14-15-13)9-4-3-5-9/h8-10,12H,3-7H2,1-2H3/t10-,12?/m1/s1. The highest BCUT2D eigenvalue weighted by atomic mass is 16.2. The Labute approximate surface area is 102 Å². The van der Waals surface area contributed by atoms with Gasteiger partial charge in [-0.05, 0) is 31.2 Å². The number of carbonyl (C=O) groups is 1. The zero-order valence-electron chi connectivity index (χ0n) is 10.5. The van der Waals surface area contributed by atoms with Crippen molar-refractivity contribution in [1.29, 1.82) is 0 Å². The SMILES string of the molecule is CC(C)N1C[C@H](C(N=[N+]=[N-])C2CCC2)CC1=O. The molecule has 1 saturated carbocycles. The smallest absolute Gasteiger partial charge is 0.223 e. The van der Waals surface area contributed by atoms with E-state index in [-0.39, 0.29) is 23.9 Å². The quantitative estimate of drug-likeness (QED) is 0.420. The summed E-state index contributed by atoms with van der Waals surface area (Å²) in [4.78, 5) is 16.7. The van der Waals surface area contributed by atoms with Crippen LogP contribution in [0.15, 0.2) is 5.11 Å². The molecule has 1 amide bonds. The lowest BCUT2D eigenvalue weighted by atomic mass is 9.75. The Balaban J connectivity index is 2.05. The monoisotopic (exact) mass is 236 g/mol. The molecule has 2 aliphatic rings. The molecule has 2 fully saturated rings. The van der Waals surface area contributed by atoms with E-state index in [2.05, 4.69) is 10.0 Å². The van der Waals surface area contributed by atoms with E-state index in [1.165, 1.54) is 6.42 Å². The van der Waals surface area contributed by atoms with Gasteiger partial charge in [-0.1, -0.05) is 24.4 Å². The Kier molecular flexibility index (Phi) is 3.57. The summed E-state index contributed by atoms with van der Waals surface area (Å²) in [6, 6.07) is 0.280. The van der Waals surface area contributed by atoms with E-state index in [4.69, 9.17) is 5.53 Å². The molecule has 1 unspecified atom stereocenters. The second kappa shape index (κ2) is 4.96. The summed E-state index contributed by atoms with van der Waals surface area (Å²) < 4.78 is 0. The fourth-order valence-electron chi connectivity index (χ4n) is 2.90. The fourth-order valence-corrected chi connectivity index (χ4v) is 2.90. The van der Waals surface area contributed by atoms with Crippen LogP contribution in [0.2, 0.25) is 0 Å². The molecule has 5 heteroatoms. The molecule has 0 bridgehead atoms. The van der Waals surface area contributed by atoms with Crippen LogP contribution in [0.5, 0.6) is 0 Å². The van der Waals surface area contributed by atoms with Gasteiger partial charge in [-0.2, -0.15) is 0 Å². The summed E-state index contributed by atoms with van der Waals surface area (Å²) in [6.07, 6.45) is 4.08. The van der Waals surface area contributed by atoms with Gasteiger partial charge >= 0.3 is 0 Å². The van der Waals surface area contributed by atoms with Gasteiger partial charge < -0.3 is 4.90 Å². The second-order valence-corrected chi connectivity index (χ2v) is 5.49. The van der Waals surface area contributed by atoms with Gasteiger partial charge in [0.15, 0.2) is 0 Å². The summed E-state index contributed by atoms with van der Waals surface area (Å²) >= 11 is 0. The topological polar surface area (TPSA) is 69.1 Å². The van der Waals surface area contributed by atoms with Crippen molar-refractivity contribution in [3.8, 4) is 0 Å². The van der Waals surface area contributed by atoms with E-state index in [9.17, 15) is 4.79 Å². The largest absolute Gasteiger partial charge is 0.340 e. The minimum Gasteiger partial charge on any atom is -0.340 e. The second-order valence-electron chi connectivity index (χ2n) is 5.49. The first-order chi connectivity index (χ1) is 8.13. The molecular formula is C12H20N4O. The normalized spacial score (nSPS) is 26.9. The Morgan fingerprint density at radius 3 is 2.53 bits per heavy atom. The van der Waals surface area contributed by atoms with Crippen LogP contribution < -0.4 is 0 Å². The van der Waals surface area contributed by atoms with E-state index in [0.29, 0.717) is 12.3 Å². The van der Waals surface area contributed by atoms with Crippen molar-refractivity contribution in [2.45, 2.75) is 51.6 Å². The molecule has 0 aromatic heterocycles. The lowest BCUT2D eigenvalue weighted by Gasteiger charge is -2.34. The average molecular weight is 236 g/mol. The van der Waals surface area contributed by atoms with E-state index in [1.54, 1.807) is 0 Å². The van der Waals surface area contributed by atoms with Crippen LogP contribution in [0.3, 0.4) is 0 Å². The highest BCUT2D eigenvalue weighted by Gasteiger charge is 2.40. The third-order valence-corrected chi connectivity index (χ3v) is 4.11. The number of hydrogen-bond acceptors (Lipinski definition) is 2. The third-order valence-electron chi connectivity index (χ3n) is 4.11. The van der Waals surface area contributed by atoms with Gasteiger partial charge in [-0.15, -0.1) is 0 Å². The van der Waals surface area contributed by atoms with Crippen LogP contribution in [-0.4, -0.2) is 29.4 Å². The van der Waals surface area contributed by atoms with Gasteiger partial charge in [-0.3, -0.25) is 4.79 Å². The summed E-state index contributed by atoms with van der Waals surface area (Å²) in [5, 5.41) is 3.96. The van der Waals surface area contributed by atoms with Crippen LogP contribution in [0.4, 0.5) is 0 Å². The maximum atomic E-state index is 11.9. The van der Waals surface area contributed by atoms with Gasteiger partial charge in [0.25, 0.3) is 0 Å². The van der Waals surface area contributed by atoms with Crippen molar-refractivity contribution in [3.63, 3.8) is 0 Å². The third kappa shape index (κ3) is 2.39. The number of azide groups is 1. The molecule has 2 rings (SSSR count). The van der Waals surface area contributed by atoms with E-state index in [0.717, 1.165) is 19.4 Å². The van der Waals surface area contributed by atoms with Crippen LogP contribution in [-0.2, 0) is 4.79 Å². The van der Waals surface area contributed by atoms with Gasteiger partial charge in [0.05, 0.1) is 0 Å². The minimum atomic E-state index is 0.0291. The van der Waals surface area contributed by atoms with E-state index >= 15 is 0 Å². The first-order valence-electron chi connectivity index (χ1n) is 6.47. The molecule has 1 saturated heterocycles. The molecule has 94 valence electrons. The predicted octanol–water partition coefficient (Wildman–Crippen LogP) is 2.72. The molecule has 1 heterocycles. The van der Waals surface area contributed by atoms with Crippen LogP contribution in [0, 0.1) is 11.8 Å². The number of rotatable bonds is 4. The summed E-state index contributed by atoms with van der Waals surface area (Å²) in [5.41, 5.74) is 8.67. The zero-order chi connectivity index (χ0) is 12.4. The van der Waals surface area contributed by atoms with Crippen molar-refractivity contribution in [2.75, 3.05) is 6.54 Å². The first-order valence-corrected chi connectivity index (χ1v) is 6.47. The van der Waals surface area contributed by atoms with Crippen molar-refractivity contribution >= 4 is 5.91 Å². The molecule has 0 radical (unpaired) electrons. The molecule has 0 N–H and O–H groups in total. The molecule has 17 heavy (non-hydrogen) atoms. The first kappa shape index (κ1) is 12.2. The summed E-state index contributed by atoms with van der Waals surface area (Å²) in [6.45, 7) is 4.83. The molecule has 1 aliphatic carbocycles. The fraction of sp³-hybridized carbons (Fsp3) is 0.917. The van der Waals surface area contributed by atoms with Crippen LogP contribution >= 0.6 is 0 Å². The Morgan fingerprint density at radius 2 is 2.12 bits per heavy atom. The van der Waals surface area contributed by atoms with Crippen molar-refractivity contribution in [3.05, 3.63) is 10.4 Å². The molecule has 0 spiro atoms. The Morgan fingerprint density at radius 1 is 1.41 bits per heavy atom. The minimum absolute atomic E-state index is 0.0291. The average Bonchev–Trinajstić information content (AvgIpc) is 2.57. The van der Waals surface area contributed by atoms with Crippen LogP contribution in [0.1, 0.15) is 39.5 Å². The maximum absolute atomic E-state index is 11.9. The number of hydrogen-bond donors (Lipinski definition) is 0. The molecule has 2 atom stereocenters. The number of nitrogens with zero attached hydrogens (tertiary/aromatic N) is 4. The Hall–Kier alpha value is -1.22. The molecule has 0 aromatic rings. The number of likely N-dealkylation sites (tertiary alicyclic amines) is 1. The lowest BCUT2D eigenvalue weighted by Crippen LogP contribution is -2.36. The van der Waals surface area contributed by atoms with Crippen molar-refractivity contribution < 1.29 is 4.79 Å². The molecule has 1 aliphatic heterocycles. The van der Waals surface area contributed by atoms with Gasteiger partial charge in [0, 0.05) is 30.0 Å². The van der Waals surface area contributed by atoms with Gasteiger partial charge in [0.2, 0.25) is 5.91 Å².